The fourth-order valence-electron chi connectivity index (χ4n) is 1.78. The van der Waals surface area contributed by atoms with E-state index in [1.165, 1.54) is 12.3 Å². The van der Waals surface area contributed by atoms with Crippen LogP contribution in [-0.2, 0) is 0 Å². The Morgan fingerprint density at radius 3 is 2.68 bits per heavy atom. The standard InChI is InChI=1S/C13H21FN4O/c1-4-18(9-5-8-17(2)3)13(19)10-6-7-16-12(15)11(10)14/h6-7H,4-5,8-9H2,1-3H3,(H2,15,16). The zero-order valence-corrected chi connectivity index (χ0v) is 11.7. The van der Waals surface area contributed by atoms with Crippen molar-refractivity contribution < 1.29 is 9.18 Å². The summed E-state index contributed by atoms with van der Waals surface area (Å²) in [5.74, 6) is -1.32. The van der Waals surface area contributed by atoms with Crippen molar-refractivity contribution in [3.05, 3.63) is 23.6 Å². The summed E-state index contributed by atoms with van der Waals surface area (Å²) in [6.45, 7) is 3.88. The van der Waals surface area contributed by atoms with Gasteiger partial charge in [-0.05, 0) is 40.1 Å². The molecule has 0 fully saturated rings. The van der Waals surface area contributed by atoms with E-state index < -0.39 is 5.82 Å². The minimum absolute atomic E-state index is 0.0146. The first-order valence-electron chi connectivity index (χ1n) is 6.31. The zero-order valence-electron chi connectivity index (χ0n) is 11.7. The molecule has 0 aliphatic heterocycles. The second-order valence-electron chi connectivity index (χ2n) is 4.60. The zero-order chi connectivity index (χ0) is 14.4. The largest absolute Gasteiger partial charge is 0.381 e. The molecule has 0 aliphatic rings. The summed E-state index contributed by atoms with van der Waals surface area (Å²) in [7, 11) is 3.95. The second kappa shape index (κ2) is 7.04. The summed E-state index contributed by atoms with van der Waals surface area (Å²) in [5, 5.41) is 0. The van der Waals surface area contributed by atoms with Crippen LogP contribution in [0.2, 0.25) is 0 Å². The van der Waals surface area contributed by atoms with Gasteiger partial charge in [0.25, 0.3) is 5.91 Å². The Morgan fingerprint density at radius 2 is 2.11 bits per heavy atom. The van der Waals surface area contributed by atoms with E-state index in [1.807, 2.05) is 25.9 Å². The highest BCUT2D eigenvalue weighted by Gasteiger charge is 2.19. The van der Waals surface area contributed by atoms with Crippen molar-refractivity contribution >= 4 is 11.7 Å². The van der Waals surface area contributed by atoms with Crippen LogP contribution in [0.25, 0.3) is 0 Å². The SMILES string of the molecule is CCN(CCCN(C)C)C(=O)c1ccnc(N)c1F. The maximum atomic E-state index is 13.8. The molecule has 106 valence electrons. The van der Waals surface area contributed by atoms with Gasteiger partial charge in [-0.25, -0.2) is 9.37 Å². The molecule has 0 radical (unpaired) electrons. The minimum atomic E-state index is -0.737. The van der Waals surface area contributed by atoms with Gasteiger partial charge in [-0.2, -0.15) is 0 Å². The third-order valence-corrected chi connectivity index (χ3v) is 2.85. The van der Waals surface area contributed by atoms with Gasteiger partial charge in [-0.1, -0.05) is 0 Å². The number of nitrogens with two attached hydrogens (primary N) is 1. The molecule has 1 heterocycles. The number of anilines is 1. The Hall–Kier alpha value is -1.69. The molecule has 1 aromatic rings. The van der Waals surface area contributed by atoms with Gasteiger partial charge in [-0.15, -0.1) is 0 Å². The summed E-state index contributed by atoms with van der Waals surface area (Å²) < 4.78 is 13.8. The van der Waals surface area contributed by atoms with Crippen molar-refractivity contribution in [1.82, 2.24) is 14.8 Å². The summed E-state index contributed by atoms with van der Waals surface area (Å²) in [6.07, 6.45) is 2.19. The number of rotatable bonds is 6. The van der Waals surface area contributed by atoms with E-state index in [0.717, 1.165) is 13.0 Å². The molecule has 0 spiro atoms. The van der Waals surface area contributed by atoms with E-state index in [1.54, 1.807) is 4.90 Å². The summed E-state index contributed by atoms with van der Waals surface area (Å²) in [5.41, 5.74) is 5.36. The van der Waals surface area contributed by atoms with Gasteiger partial charge in [-0.3, -0.25) is 4.79 Å². The summed E-state index contributed by atoms with van der Waals surface area (Å²) >= 11 is 0. The van der Waals surface area contributed by atoms with Gasteiger partial charge in [0.1, 0.15) is 0 Å². The van der Waals surface area contributed by atoms with Crippen LogP contribution in [0.5, 0.6) is 0 Å². The van der Waals surface area contributed by atoms with Crippen LogP contribution in [-0.4, -0.2) is 54.4 Å². The first-order valence-corrected chi connectivity index (χ1v) is 6.31. The molecule has 19 heavy (non-hydrogen) atoms. The predicted octanol–water partition coefficient (Wildman–Crippen LogP) is 1.22. The van der Waals surface area contributed by atoms with Crippen LogP contribution in [0.4, 0.5) is 10.2 Å². The molecule has 0 aliphatic carbocycles. The summed E-state index contributed by atoms with van der Waals surface area (Å²) in [4.78, 5) is 19.5. The molecule has 0 saturated carbocycles. The molecule has 0 saturated heterocycles. The number of nitrogen functional groups attached to an aromatic ring is 1. The van der Waals surface area contributed by atoms with Crippen molar-refractivity contribution in [2.75, 3.05) is 39.5 Å². The van der Waals surface area contributed by atoms with E-state index in [0.29, 0.717) is 13.1 Å². The molecule has 1 rings (SSSR count). The van der Waals surface area contributed by atoms with Crippen LogP contribution in [0.3, 0.4) is 0 Å². The second-order valence-corrected chi connectivity index (χ2v) is 4.60. The lowest BCUT2D eigenvalue weighted by molar-refractivity contribution is 0.0754. The number of aromatic nitrogens is 1. The van der Waals surface area contributed by atoms with Crippen LogP contribution >= 0.6 is 0 Å². The van der Waals surface area contributed by atoms with Gasteiger partial charge in [0.2, 0.25) is 0 Å². The van der Waals surface area contributed by atoms with Crippen LogP contribution in [0.15, 0.2) is 12.3 Å². The first kappa shape index (κ1) is 15.4. The Bertz CT molecular complexity index is 437. The molecule has 2 N–H and O–H groups in total. The third kappa shape index (κ3) is 4.17. The lowest BCUT2D eigenvalue weighted by atomic mass is 10.2. The molecule has 1 amide bonds. The van der Waals surface area contributed by atoms with Crippen molar-refractivity contribution in [2.45, 2.75) is 13.3 Å². The van der Waals surface area contributed by atoms with Crippen molar-refractivity contribution in [1.29, 1.82) is 0 Å². The molecule has 0 bridgehead atoms. The first-order chi connectivity index (χ1) is 8.97. The van der Waals surface area contributed by atoms with E-state index in [9.17, 15) is 9.18 Å². The maximum absolute atomic E-state index is 13.8. The van der Waals surface area contributed by atoms with Crippen LogP contribution < -0.4 is 5.73 Å². The normalized spacial score (nSPS) is 10.8. The Labute approximate surface area is 113 Å². The third-order valence-electron chi connectivity index (χ3n) is 2.85. The molecule has 6 heteroatoms. The highest BCUT2D eigenvalue weighted by atomic mass is 19.1. The smallest absolute Gasteiger partial charge is 0.257 e. The number of carbonyl (C=O) groups is 1. The topological polar surface area (TPSA) is 62.5 Å². The van der Waals surface area contributed by atoms with Crippen molar-refractivity contribution in [2.24, 2.45) is 0 Å². The minimum Gasteiger partial charge on any atom is -0.381 e. The molecule has 0 unspecified atom stereocenters. The number of hydrogen-bond acceptors (Lipinski definition) is 4. The summed E-state index contributed by atoms with van der Waals surface area (Å²) in [6, 6.07) is 1.36. The van der Waals surface area contributed by atoms with Gasteiger partial charge in [0, 0.05) is 19.3 Å². The Balaban J connectivity index is 2.75. The molecule has 0 atom stereocenters. The van der Waals surface area contributed by atoms with Crippen LogP contribution in [0, 0.1) is 5.82 Å². The molecule has 0 aromatic carbocycles. The van der Waals surface area contributed by atoms with E-state index in [-0.39, 0.29) is 17.3 Å². The average Bonchev–Trinajstić information content (AvgIpc) is 2.37. The van der Waals surface area contributed by atoms with Crippen LogP contribution in [0.1, 0.15) is 23.7 Å². The molecule has 1 aromatic heterocycles. The quantitative estimate of drug-likeness (QED) is 0.842. The number of pyridine rings is 1. The van der Waals surface area contributed by atoms with E-state index in [4.69, 9.17) is 5.73 Å². The number of nitrogens with zero attached hydrogens (tertiary/aromatic N) is 3. The van der Waals surface area contributed by atoms with Gasteiger partial charge in [0.15, 0.2) is 11.6 Å². The van der Waals surface area contributed by atoms with Crippen molar-refractivity contribution in [3.63, 3.8) is 0 Å². The number of hydrogen-bond donors (Lipinski definition) is 1. The fraction of sp³-hybridized carbons (Fsp3) is 0.538. The Kier molecular flexibility index (Phi) is 5.69. The van der Waals surface area contributed by atoms with Crippen molar-refractivity contribution in [3.8, 4) is 0 Å². The number of amides is 1. The molecular formula is C13H21FN4O. The molecular weight excluding hydrogens is 247 g/mol. The van der Waals surface area contributed by atoms with E-state index >= 15 is 0 Å². The Morgan fingerprint density at radius 1 is 1.42 bits per heavy atom. The number of carbonyl (C=O) groups excluding carboxylic acids is 1. The lowest BCUT2D eigenvalue weighted by Gasteiger charge is -2.22. The number of halogens is 1. The monoisotopic (exact) mass is 268 g/mol. The predicted molar refractivity (Wildman–Crippen MR) is 73.4 cm³/mol. The van der Waals surface area contributed by atoms with Gasteiger partial charge < -0.3 is 15.5 Å². The fourth-order valence-corrected chi connectivity index (χ4v) is 1.78. The van der Waals surface area contributed by atoms with Gasteiger partial charge >= 0.3 is 0 Å². The van der Waals surface area contributed by atoms with Gasteiger partial charge in [0.05, 0.1) is 5.56 Å². The lowest BCUT2D eigenvalue weighted by Crippen LogP contribution is -2.34. The molecule has 5 nitrogen and oxygen atoms in total. The van der Waals surface area contributed by atoms with E-state index in [2.05, 4.69) is 4.98 Å². The average molecular weight is 268 g/mol. The highest BCUT2D eigenvalue weighted by Crippen LogP contribution is 2.14. The highest BCUT2D eigenvalue weighted by molar-refractivity contribution is 5.95. The maximum Gasteiger partial charge on any atom is 0.257 e.